The van der Waals surface area contributed by atoms with Crippen LogP contribution in [0.4, 0.5) is 5.82 Å². The molecule has 1 aromatic heterocycles. The van der Waals surface area contributed by atoms with Crippen molar-refractivity contribution in [1.29, 1.82) is 0 Å². The highest BCUT2D eigenvalue weighted by atomic mass is 16.5. The molecule has 0 aromatic carbocycles. The number of carbonyl (C=O) groups is 1. The Bertz CT molecular complexity index is 543. The van der Waals surface area contributed by atoms with E-state index in [9.17, 15) is 4.79 Å². The maximum absolute atomic E-state index is 12.5. The maximum atomic E-state index is 12.5. The topological polar surface area (TPSA) is 58.6 Å². The third-order valence-corrected chi connectivity index (χ3v) is 4.61. The van der Waals surface area contributed by atoms with Gasteiger partial charge in [-0.3, -0.25) is 4.79 Å². The molecule has 120 valence electrons. The number of carbonyl (C=O) groups excluding carboxylic acids is 1. The quantitative estimate of drug-likeness (QED) is 0.835. The van der Waals surface area contributed by atoms with Crippen LogP contribution in [0.5, 0.6) is 0 Å². The lowest BCUT2D eigenvalue weighted by Gasteiger charge is -2.23. The molecule has 0 radical (unpaired) electrons. The highest BCUT2D eigenvalue weighted by Crippen LogP contribution is 2.24. The number of anilines is 1. The standard InChI is InChI=1S/C16H24N4O2/c1-3-19(2)15-12-6-8-20(9-7-13(12)17-11-18-15)16(21)14-5-4-10-22-14/h11,14H,3-10H2,1-2H3/t14-/m0/s1. The second kappa shape index (κ2) is 6.60. The van der Waals surface area contributed by atoms with Crippen LogP contribution in [0, 0.1) is 0 Å². The van der Waals surface area contributed by atoms with Crippen molar-refractivity contribution in [3.8, 4) is 0 Å². The van der Waals surface area contributed by atoms with Gasteiger partial charge in [0.1, 0.15) is 18.2 Å². The molecule has 2 aliphatic rings. The first-order valence-corrected chi connectivity index (χ1v) is 8.15. The van der Waals surface area contributed by atoms with Crippen molar-refractivity contribution in [1.82, 2.24) is 14.9 Å². The largest absolute Gasteiger partial charge is 0.368 e. The number of fused-ring (bicyclic) bond motifs is 1. The SMILES string of the molecule is CCN(C)c1ncnc2c1CCN(C(=O)[C@@H]1CCCO1)CC2. The van der Waals surface area contributed by atoms with Gasteiger partial charge in [0.15, 0.2) is 0 Å². The van der Waals surface area contributed by atoms with Gasteiger partial charge in [-0.05, 0) is 26.2 Å². The Hall–Kier alpha value is -1.69. The molecule has 0 bridgehead atoms. The number of hydrogen-bond acceptors (Lipinski definition) is 5. The number of hydrogen-bond donors (Lipinski definition) is 0. The number of nitrogens with zero attached hydrogens (tertiary/aromatic N) is 4. The summed E-state index contributed by atoms with van der Waals surface area (Å²) in [6.45, 7) is 5.17. The van der Waals surface area contributed by atoms with Crippen LogP contribution in [0.3, 0.4) is 0 Å². The van der Waals surface area contributed by atoms with Crippen LogP contribution in [0.2, 0.25) is 0 Å². The predicted molar refractivity (Wildman–Crippen MR) is 83.9 cm³/mol. The molecule has 1 saturated heterocycles. The molecule has 22 heavy (non-hydrogen) atoms. The van der Waals surface area contributed by atoms with E-state index in [1.54, 1.807) is 6.33 Å². The molecule has 2 aliphatic heterocycles. The summed E-state index contributed by atoms with van der Waals surface area (Å²) in [5.74, 6) is 1.14. The molecule has 1 atom stereocenters. The zero-order valence-electron chi connectivity index (χ0n) is 13.4. The van der Waals surface area contributed by atoms with Crippen LogP contribution < -0.4 is 4.90 Å². The van der Waals surface area contributed by atoms with E-state index < -0.39 is 0 Å². The second-order valence-corrected chi connectivity index (χ2v) is 5.96. The Labute approximate surface area is 131 Å². The molecule has 0 saturated carbocycles. The first kappa shape index (κ1) is 15.2. The molecule has 1 amide bonds. The zero-order chi connectivity index (χ0) is 15.5. The lowest BCUT2D eigenvalue weighted by molar-refractivity contribution is -0.140. The molecule has 0 N–H and O–H groups in total. The minimum Gasteiger partial charge on any atom is -0.368 e. The molecule has 1 aromatic rings. The van der Waals surface area contributed by atoms with Crippen molar-refractivity contribution in [3.63, 3.8) is 0 Å². The summed E-state index contributed by atoms with van der Waals surface area (Å²) in [7, 11) is 2.04. The number of amides is 1. The molecule has 0 unspecified atom stereocenters. The van der Waals surface area contributed by atoms with Gasteiger partial charge in [0, 0.05) is 45.3 Å². The molecule has 0 spiro atoms. The number of aromatic nitrogens is 2. The van der Waals surface area contributed by atoms with Gasteiger partial charge in [-0.15, -0.1) is 0 Å². The summed E-state index contributed by atoms with van der Waals surface area (Å²) in [4.78, 5) is 25.5. The first-order valence-electron chi connectivity index (χ1n) is 8.15. The van der Waals surface area contributed by atoms with E-state index in [2.05, 4.69) is 21.8 Å². The smallest absolute Gasteiger partial charge is 0.251 e. The van der Waals surface area contributed by atoms with E-state index in [1.165, 1.54) is 5.56 Å². The fraction of sp³-hybridized carbons (Fsp3) is 0.688. The van der Waals surface area contributed by atoms with Crippen molar-refractivity contribution in [2.45, 2.75) is 38.7 Å². The minimum absolute atomic E-state index is 0.142. The normalized spacial score (nSPS) is 21.4. The van der Waals surface area contributed by atoms with Crippen LogP contribution in [-0.2, 0) is 22.4 Å². The van der Waals surface area contributed by atoms with Gasteiger partial charge in [-0.1, -0.05) is 0 Å². The fourth-order valence-electron chi connectivity index (χ4n) is 3.18. The third kappa shape index (κ3) is 2.92. The number of ether oxygens (including phenoxy) is 1. The van der Waals surface area contributed by atoms with Gasteiger partial charge in [0.25, 0.3) is 5.91 Å². The molecule has 6 heteroatoms. The van der Waals surface area contributed by atoms with Crippen molar-refractivity contribution in [2.75, 3.05) is 38.2 Å². The maximum Gasteiger partial charge on any atom is 0.251 e. The summed E-state index contributed by atoms with van der Waals surface area (Å²) in [6, 6.07) is 0. The van der Waals surface area contributed by atoms with Crippen LogP contribution >= 0.6 is 0 Å². The fourth-order valence-corrected chi connectivity index (χ4v) is 3.18. The Balaban J connectivity index is 1.76. The molecule has 3 rings (SSSR count). The lowest BCUT2D eigenvalue weighted by atomic mass is 10.1. The van der Waals surface area contributed by atoms with Crippen molar-refractivity contribution in [2.24, 2.45) is 0 Å². The van der Waals surface area contributed by atoms with Gasteiger partial charge >= 0.3 is 0 Å². The van der Waals surface area contributed by atoms with Gasteiger partial charge < -0.3 is 14.5 Å². The molecule has 3 heterocycles. The van der Waals surface area contributed by atoms with E-state index in [0.29, 0.717) is 6.61 Å². The van der Waals surface area contributed by atoms with Gasteiger partial charge in [0.05, 0.1) is 5.69 Å². The molecule has 1 fully saturated rings. The summed E-state index contributed by atoms with van der Waals surface area (Å²) in [5, 5.41) is 0. The van der Waals surface area contributed by atoms with Gasteiger partial charge in [-0.2, -0.15) is 0 Å². The highest BCUT2D eigenvalue weighted by Gasteiger charge is 2.30. The van der Waals surface area contributed by atoms with E-state index in [-0.39, 0.29) is 12.0 Å². The summed E-state index contributed by atoms with van der Waals surface area (Å²) in [6.07, 6.45) is 4.85. The first-order chi connectivity index (χ1) is 10.7. The van der Waals surface area contributed by atoms with Crippen molar-refractivity contribution < 1.29 is 9.53 Å². The second-order valence-electron chi connectivity index (χ2n) is 5.96. The molecular formula is C16H24N4O2. The lowest BCUT2D eigenvalue weighted by Crippen LogP contribution is -2.40. The molecular weight excluding hydrogens is 280 g/mol. The zero-order valence-corrected chi connectivity index (χ0v) is 13.4. The average Bonchev–Trinajstić information content (AvgIpc) is 3.00. The van der Waals surface area contributed by atoms with Crippen LogP contribution in [0.15, 0.2) is 6.33 Å². The van der Waals surface area contributed by atoms with Gasteiger partial charge in [-0.25, -0.2) is 9.97 Å². The average molecular weight is 304 g/mol. The van der Waals surface area contributed by atoms with Crippen molar-refractivity contribution >= 4 is 11.7 Å². The summed E-state index contributed by atoms with van der Waals surface area (Å²) < 4.78 is 5.54. The Kier molecular flexibility index (Phi) is 4.57. The van der Waals surface area contributed by atoms with Crippen LogP contribution in [-0.4, -0.2) is 60.2 Å². The number of rotatable bonds is 3. The molecule has 6 nitrogen and oxygen atoms in total. The van der Waals surface area contributed by atoms with E-state index in [0.717, 1.165) is 56.8 Å². The van der Waals surface area contributed by atoms with Gasteiger partial charge in [0.2, 0.25) is 0 Å². The van der Waals surface area contributed by atoms with E-state index in [4.69, 9.17) is 4.74 Å². The minimum atomic E-state index is -0.231. The Morgan fingerprint density at radius 1 is 1.41 bits per heavy atom. The predicted octanol–water partition coefficient (Wildman–Crippen LogP) is 1.04. The third-order valence-electron chi connectivity index (χ3n) is 4.61. The van der Waals surface area contributed by atoms with Crippen LogP contribution in [0.1, 0.15) is 31.0 Å². The molecule has 0 aliphatic carbocycles. The van der Waals surface area contributed by atoms with Crippen molar-refractivity contribution in [3.05, 3.63) is 17.6 Å². The monoisotopic (exact) mass is 304 g/mol. The highest BCUT2D eigenvalue weighted by molar-refractivity contribution is 5.81. The Morgan fingerprint density at radius 3 is 2.95 bits per heavy atom. The van der Waals surface area contributed by atoms with Crippen LogP contribution in [0.25, 0.3) is 0 Å². The summed E-state index contributed by atoms with van der Waals surface area (Å²) in [5.41, 5.74) is 2.27. The Morgan fingerprint density at radius 2 is 2.23 bits per heavy atom. The van der Waals surface area contributed by atoms with E-state index >= 15 is 0 Å². The van der Waals surface area contributed by atoms with E-state index in [1.807, 2.05) is 11.9 Å². The summed E-state index contributed by atoms with van der Waals surface area (Å²) >= 11 is 0.